The van der Waals surface area contributed by atoms with E-state index in [1.165, 1.54) is 48.2 Å². The van der Waals surface area contributed by atoms with Crippen LogP contribution in [0.15, 0.2) is 59.5 Å². The number of pyridine rings is 1. The molecule has 0 aliphatic rings. The smallest absolute Gasteiger partial charge is 0.335 e. The van der Waals surface area contributed by atoms with E-state index in [0.29, 0.717) is 27.4 Å². The number of carbonyl (C=O) groups is 3. The zero-order valence-electron chi connectivity index (χ0n) is 23.1. The van der Waals surface area contributed by atoms with Gasteiger partial charge in [-0.3, -0.25) is 19.0 Å². The lowest BCUT2D eigenvalue weighted by Gasteiger charge is -2.24. The monoisotopic (exact) mass is 568 g/mol. The molecule has 2 N–H and O–H groups in total. The van der Waals surface area contributed by atoms with Gasteiger partial charge in [0, 0.05) is 47.4 Å². The van der Waals surface area contributed by atoms with Crippen molar-refractivity contribution in [3.05, 3.63) is 81.2 Å². The minimum Gasteiger partial charge on any atom is -0.495 e. The fourth-order valence-corrected chi connectivity index (χ4v) is 4.29. The van der Waals surface area contributed by atoms with E-state index >= 15 is 0 Å². The number of nitrogens with one attached hydrogen (secondary N) is 1. The summed E-state index contributed by atoms with van der Waals surface area (Å²) in [4.78, 5) is 50.8. The summed E-state index contributed by atoms with van der Waals surface area (Å²) < 4.78 is 12.7. The van der Waals surface area contributed by atoms with Crippen molar-refractivity contribution in [2.45, 2.75) is 52.2 Å². The van der Waals surface area contributed by atoms with Gasteiger partial charge in [0.1, 0.15) is 11.8 Å². The normalized spacial score (nSPS) is 12.1. The van der Waals surface area contributed by atoms with Crippen molar-refractivity contribution in [1.29, 1.82) is 0 Å². The van der Waals surface area contributed by atoms with Gasteiger partial charge in [-0.15, -0.1) is 0 Å². The van der Waals surface area contributed by atoms with Gasteiger partial charge in [0.15, 0.2) is 5.78 Å². The van der Waals surface area contributed by atoms with E-state index in [0.717, 1.165) is 0 Å². The molecule has 0 radical (unpaired) electrons. The highest BCUT2D eigenvalue weighted by Crippen LogP contribution is 2.34. The summed E-state index contributed by atoms with van der Waals surface area (Å²) in [5.41, 5.74) is 0.715. The number of carbonyl (C=O) groups excluding carboxylic acids is 2. The average Bonchev–Trinajstić information content (AvgIpc) is 2.90. The van der Waals surface area contributed by atoms with Gasteiger partial charge in [0.25, 0.3) is 5.56 Å². The molecule has 0 saturated heterocycles. The second-order valence-corrected chi connectivity index (χ2v) is 10.5. The highest BCUT2D eigenvalue weighted by Gasteiger charge is 2.26. The van der Waals surface area contributed by atoms with E-state index in [2.05, 4.69) is 5.32 Å². The van der Waals surface area contributed by atoms with E-state index in [1.54, 1.807) is 25.1 Å². The Labute approximate surface area is 237 Å². The van der Waals surface area contributed by atoms with E-state index in [9.17, 15) is 19.2 Å². The Morgan fingerprint density at radius 2 is 1.73 bits per heavy atom. The van der Waals surface area contributed by atoms with Crippen LogP contribution in [-0.4, -0.2) is 46.7 Å². The van der Waals surface area contributed by atoms with Crippen molar-refractivity contribution >= 4 is 34.9 Å². The van der Waals surface area contributed by atoms with Crippen LogP contribution in [0.2, 0.25) is 5.02 Å². The largest absolute Gasteiger partial charge is 0.495 e. The third-order valence-corrected chi connectivity index (χ3v) is 6.36. The van der Waals surface area contributed by atoms with Crippen LogP contribution < -0.4 is 15.6 Å². The second-order valence-electron chi connectivity index (χ2n) is 10.1. The maximum atomic E-state index is 13.5. The third kappa shape index (κ3) is 7.58. The molecule has 3 rings (SSSR count). The Balaban J connectivity index is 2.06. The average molecular weight is 569 g/mol. The van der Waals surface area contributed by atoms with E-state index < -0.39 is 29.1 Å². The van der Waals surface area contributed by atoms with E-state index in [-0.39, 0.29) is 36.5 Å². The van der Waals surface area contributed by atoms with Crippen molar-refractivity contribution in [1.82, 2.24) is 4.57 Å². The van der Waals surface area contributed by atoms with Crippen molar-refractivity contribution in [2.24, 2.45) is 0 Å². The molecular formula is C30H33ClN2O7. The van der Waals surface area contributed by atoms with E-state index in [4.69, 9.17) is 26.2 Å². The number of hydrogen-bond acceptors (Lipinski definition) is 6. The lowest BCUT2D eigenvalue weighted by Crippen LogP contribution is -2.34. The minimum atomic E-state index is -1.09. The molecule has 1 unspecified atom stereocenters. The number of ketones is 1. The summed E-state index contributed by atoms with van der Waals surface area (Å²) in [6.07, 6.45) is 1.86. The Morgan fingerprint density at radius 3 is 2.30 bits per heavy atom. The predicted octanol–water partition coefficient (Wildman–Crippen LogP) is 5.85. The zero-order chi connectivity index (χ0) is 29.6. The first-order valence-electron chi connectivity index (χ1n) is 12.8. The molecule has 0 spiro atoms. The summed E-state index contributed by atoms with van der Waals surface area (Å²) in [5.74, 6) is -1.44. The van der Waals surface area contributed by atoms with Gasteiger partial charge < -0.3 is 19.9 Å². The Bertz CT molecular complexity index is 1460. The summed E-state index contributed by atoms with van der Waals surface area (Å²) in [5, 5.41) is 12.3. The summed E-state index contributed by atoms with van der Waals surface area (Å²) in [6, 6.07) is 10.9. The molecule has 0 aliphatic carbocycles. The van der Waals surface area contributed by atoms with Crippen LogP contribution in [0.5, 0.6) is 5.75 Å². The van der Waals surface area contributed by atoms with Crippen molar-refractivity contribution in [3.8, 4) is 16.9 Å². The number of hydrogen-bond donors (Lipinski definition) is 2. The number of methoxy groups -OCH3 is 1. The molecule has 1 aromatic heterocycles. The quantitative estimate of drug-likeness (QED) is 0.278. The molecule has 1 heterocycles. The number of carboxylic acids is 1. The maximum Gasteiger partial charge on any atom is 0.335 e. The Hall–Kier alpha value is -3.95. The molecule has 212 valence electrons. The van der Waals surface area contributed by atoms with Crippen LogP contribution in [0.4, 0.5) is 5.69 Å². The van der Waals surface area contributed by atoms with Gasteiger partial charge >= 0.3 is 5.97 Å². The number of rotatable bonds is 11. The molecule has 0 aliphatic heterocycles. The number of nitrogens with zero attached hydrogens (tertiary/aromatic N) is 1. The number of Topliss-reactive ketones (excluding diaryl/α,β-unsaturated/α-hetero) is 1. The highest BCUT2D eigenvalue weighted by molar-refractivity contribution is 6.31. The molecular weight excluding hydrogens is 536 g/mol. The minimum absolute atomic E-state index is 0.0756. The molecule has 0 fully saturated rings. The number of ether oxygens (including phenoxy) is 2. The first-order valence-corrected chi connectivity index (χ1v) is 13.1. The topological polar surface area (TPSA) is 124 Å². The number of anilines is 1. The predicted molar refractivity (Wildman–Crippen MR) is 154 cm³/mol. The molecule has 1 atom stereocenters. The lowest BCUT2D eigenvalue weighted by atomic mass is 9.96. The molecule has 1 amide bonds. The van der Waals surface area contributed by atoms with Crippen LogP contribution in [0, 0.1) is 0 Å². The molecule has 3 aromatic rings. The number of halogens is 1. The molecule has 2 aromatic carbocycles. The summed E-state index contributed by atoms with van der Waals surface area (Å²) >= 11 is 6.24. The van der Waals surface area contributed by atoms with Gasteiger partial charge in [-0.2, -0.15) is 0 Å². The fourth-order valence-electron chi connectivity index (χ4n) is 4.11. The van der Waals surface area contributed by atoms with Gasteiger partial charge in [0.05, 0.1) is 24.5 Å². The fraction of sp³-hybridized carbons (Fsp3) is 0.333. The molecule has 0 bridgehead atoms. The van der Waals surface area contributed by atoms with Gasteiger partial charge in [-0.05, 0) is 68.8 Å². The van der Waals surface area contributed by atoms with Gasteiger partial charge in [0.2, 0.25) is 5.91 Å². The van der Waals surface area contributed by atoms with Gasteiger partial charge in [-0.1, -0.05) is 18.5 Å². The van der Waals surface area contributed by atoms with Gasteiger partial charge in [-0.25, -0.2) is 4.79 Å². The third-order valence-electron chi connectivity index (χ3n) is 6.12. The molecule has 40 heavy (non-hydrogen) atoms. The number of carboxylic acid groups (broad SMARTS) is 1. The van der Waals surface area contributed by atoms with Crippen LogP contribution in [0.3, 0.4) is 0 Å². The Morgan fingerprint density at radius 1 is 1.05 bits per heavy atom. The Kier molecular flexibility index (Phi) is 9.89. The number of aromatic carboxylic acids is 1. The second kappa shape index (κ2) is 12.9. The van der Waals surface area contributed by atoms with E-state index in [1.807, 2.05) is 20.8 Å². The van der Waals surface area contributed by atoms with Crippen LogP contribution in [-0.2, 0) is 9.53 Å². The molecule has 9 nitrogen and oxygen atoms in total. The first-order chi connectivity index (χ1) is 18.8. The maximum absolute atomic E-state index is 13.5. The van der Waals surface area contributed by atoms with Crippen LogP contribution in [0.1, 0.15) is 67.3 Å². The zero-order valence-corrected chi connectivity index (χ0v) is 23.9. The van der Waals surface area contributed by atoms with Crippen molar-refractivity contribution in [2.75, 3.05) is 19.0 Å². The number of aromatic nitrogens is 1. The molecule has 10 heteroatoms. The SMILES string of the molecule is CCC(=O)c1ccc(Cl)cc1-c1cc(=O)n(C(CCOC(C)(C)C)C(=O)Nc2ccc(C(=O)O)cc2)cc1OC. The standard InChI is InChI=1S/C30H33ClN2O7/c1-6-25(34)21-12-9-19(31)15-22(21)23-16-27(35)33(17-26(23)39-5)24(13-14-40-30(2,3)4)28(36)32-20-10-7-18(8-11-20)29(37)38/h7-12,15-17,24H,6,13-14H2,1-5H3,(H,32,36)(H,37,38). The van der Waals surface area contributed by atoms with Crippen LogP contribution >= 0.6 is 11.6 Å². The summed E-state index contributed by atoms with van der Waals surface area (Å²) in [6.45, 7) is 7.58. The number of benzene rings is 2. The van der Waals surface area contributed by atoms with Crippen molar-refractivity contribution < 1.29 is 29.0 Å². The van der Waals surface area contributed by atoms with Crippen molar-refractivity contribution in [3.63, 3.8) is 0 Å². The molecule has 0 saturated carbocycles. The first kappa shape index (κ1) is 30.6. The lowest BCUT2D eigenvalue weighted by molar-refractivity contribution is -0.120. The highest BCUT2D eigenvalue weighted by atomic mass is 35.5. The number of amides is 1. The van der Waals surface area contributed by atoms with Crippen LogP contribution in [0.25, 0.3) is 11.1 Å². The summed E-state index contributed by atoms with van der Waals surface area (Å²) in [7, 11) is 1.43.